The topological polar surface area (TPSA) is 61.5 Å². The molecule has 0 spiro atoms. The van der Waals surface area contributed by atoms with Crippen molar-refractivity contribution in [3.8, 4) is 5.75 Å². The number of rotatable bonds is 5. The van der Waals surface area contributed by atoms with Crippen LogP contribution in [-0.2, 0) is 10.5 Å². The van der Waals surface area contributed by atoms with Gasteiger partial charge in [-0.15, -0.1) is 11.8 Å². The van der Waals surface area contributed by atoms with Crippen LogP contribution in [0.1, 0.15) is 15.9 Å². The number of methoxy groups -OCH3 is 2. The molecule has 0 radical (unpaired) electrons. The van der Waals surface area contributed by atoms with Crippen LogP contribution in [0.5, 0.6) is 5.75 Å². The minimum Gasteiger partial charge on any atom is -0.497 e. The molecule has 2 aromatic rings. The van der Waals surface area contributed by atoms with Crippen LogP contribution < -0.4 is 10.5 Å². The zero-order valence-corrected chi connectivity index (χ0v) is 12.8. The van der Waals surface area contributed by atoms with Crippen LogP contribution in [-0.4, -0.2) is 20.2 Å². The summed E-state index contributed by atoms with van der Waals surface area (Å²) in [6, 6.07) is 13.2. The molecular formula is C16H17NO3S. The lowest BCUT2D eigenvalue weighted by atomic mass is 10.1. The van der Waals surface area contributed by atoms with Crippen molar-refractivity contribution in [1.29, 1.82) is 0 Å². The minimum atomic E-state index is -0.404. The van der Waals surface area contributed by atoms with Crippen molar-refractivity contribution in [2.24, 2.45) is 0 Å². The van der Waals surface area contributed by atoms with E-state index in [1.807, 2.05) is 36.4 Å². The van der Waals surface area contributed by atoms with Gasteiger partial charge in [-0.25, -0.2) is 4.79 Å². The maximum absolute atomic E-state index is 11.8. The molecule has 4 nitrogen and oxygen atoms in total. The molecule has 0 unspecified atom stereocenters. The van der Waals surface area contributed by atoms with Gasteiger partial charge in [0.15, 0.2) is 0 Å². The summed E-state index contributed by atoms with van der Waals surface area (Å²) in [6.07, 6.45) is 0. The zero-order chi connectivity index (χ0) is 15.2. The Hall–Kier alpha value is -2.14. The van der Waals surface area contributed by atoms with Crippen molar-refractivity contribution in [3.05, 3.63) is 53.6 Å². The number of anilines is 1. The van der Waals surface area contributed by atoms with Crippen molar-refractivity contribution in [3.63, 3.8) is 0 Å². The maximum atomic E-state index is 11.8. The summed E-state index contributed by atoms with van der Waals surface area (Å²) in [5, 5.41) is 0. The van der Waals surface area contributed by atoms with Crippen molar-refractivity contribution in [2.45, 2.75) is 10.6 Å². The second-order valence-electron chi connectivity index (χ2n) is 4.34. The number of hydrogen-bond donors (Lipinski definition) is 1. The van der Waals surface area contributed by atoms with Gasteiger partial charge in [0.2, 0.25) is 0 Å². The van der Waals surface area contributed by atoms with Crippen LogP contribution in [0.15, 0.2) is 47.4 Å². The van der Waals surface area contributed by atoms with E-state index >= 15 is 0 Å². The van der Waals surface area contributed by atoms with E-state index in [2.05, 4.69) is 0 Å². The average Bonchev–Trinajstić information content (AvgIpc) is 2.52. The lowest BCUT2D eigenvalue weighted by molar-refractivity contribution is 0.0601. The first-order valence-electron chi connectivity index (χ1n) is 6.38. The van der Waals surface area contributed by atoms with Crippen LogP contribution >= 0.6 is 11.8 Å². The highest BCUT2D eigenvalue weighted by Gasteiger charge is 2.15. The SMILES string of the molecule is COC(=O)c1c(N)cccc1CSc1ccc(OC)cc1. The molecule has 21 heavy (non-hydrogen) atoms. The number of benzene rings is 2. The van der Waals surface area contributed by atoms with Gasteiger partial charge in [-0.2, -0.15) is 0 Å². The van der Waals surface area contributed by atoms with Gasteiger partial charge < -0.3 is 15.2 Å². The molecule has 0 atom stereocenters. The monoisotopic (exact) mass is 303 g/mol. The predicted octanol–water partition coefficient (Wildman–Crippen LogP) is 3.36. The van der Waals surface area contributed by atoms with Crippen LogP contribution in [0.3, 0.4) is 0 Å². The Labute approximate surface area is 128 Å². The number of carbonyl (C=O) groups excluding carboxylic acids is 1. The molecule has 0 heterocycles. The average molecular weight is 303 g/mol. The van der Waals surface area contributed by atoms with Gasteiger partial charge in [-0.05, 0) is 35.9 Å². The van der Waals surface area contributed by atoms with Gasteiger partial charge in [-0.1, -0.05) is 12.1 Å². The number of esters is 1. The fourth-order valence-electron chi connectivity index (χ4n) is 1.92. The number of nitrogens with two attached hydrogens (primary N) is 1. The standard InChI is InChI=1S/C16H17NO3S/c1-19-12-6-8-13(9-7-12)21-10-11-4-3-5-14(17)15(11)16(18)20-2/h3-9H,10,17H2,1-2H3. The second-order valence-corrected chi connectivity index (χ2v) is 5.39. The molecule has 2 aromatic carbocycles. The van der Waals surface area contributed by atoms with Gasteiger partial charge in [-0.3, -0.25) is 0 Å². The van der Waals surface area contributed by atoms with E-state index < -0.39 is 5.97 Å². The number of ether oxygens (including phenoxy) is 2. The number of nitrogen functional groups attached to an aromatic ring is 1. The van der Waals surface area contributed by atoms with Gasteiger partial charge in [0.25, 0.3) is 0 Å². The molecule has 0 aliphatic carbocycles. The minimum absolute atomic E-state index is 0.404. The van der Waals surface area contributed by atoms with Crippen LogP contribution in [0.4, 0.5) is 5.69 Å². The first kappa shape index (κ1) is 15.3. The third-order valence-electron chi connectivity index (χ3n) is 3.03. The first-order chi connectivity index (χ1) is 10.2. The van der Waals surface area contributed by atoms with E-state index in [-0.39, 0.29) is 0 Å². The Morgan fingerprint density at radius 1 is 1.14 bits per heavy atom. The summed E-state index contributed by atoms with van der Waals surface area (Å²) in [5.41, 5.74) is 7.63. The van der Waals surface area contributed by atoms with Crippen molar-refractivity contribution >= 4 is 23.4 Å². The quantitative estimate of drug-likeness (QED) is 0.521. The van der Waals surface area contributed by atoms with Gasteiger partial charge in [0.05, 0.1) is 19.8 Å². The fourth-order valence-corrected chi connectivity index (χ4v) is 2.82. The van der Waals surface area contributed by atoms with Gasteiger partial charge >= 0.3 is 5.97 Å². The third-order valence-corrected chi connectivity index (χ3v) is 4.09. The van der Waals surface area contributed by atoms with E-state index in [0.29, 0.717) is 17.0 Å². The normalized spacial score (nSPS) is 10.2. The Bertz CT molecular complexity index is 626. The highest BCUT2D eigenvalue weighted by Crippen LogP contribution is 2.28. The molecule has 5 heteroatoms. The largest absolute Gasteiger partial charge is 0.497 e. The number of thioether (sulfide) groups is 1. The van der Waals surface area contributed by atoms with Crippen molar-refractivity contribution < 1.29 is 14.3 Å². The molecule has 0 fully saturated rings. The highest BCUT2D eigenvalue weighted by atomic mass is 32.2. The van der Waals surface area contributed by atoms with E-state index in [0.717, 1.165) is 16.2 Å². The van der Waals surface area contributed by atoms with Crippen molar-refractivity contribution in [1.82, 2.24) is 0 Å². The first-order valence-corrected chi connectivity index (χ1v) is 7.36. The molecule has 0 bridgehead atoms. The van der Waals surface area contributed by atoms with Crippen LogP contribution in [0.25, 0.3) is 0 Å². The molecule has 0 saturated heterocycles. The highest BCUT2D eigenvalue weighted by molar-refractivity contribution is 7.98. The zero-order valence-electron chi connectivity index (χ0n) is 12.0. The fraction of sp³-hybridized carbons (Fsp3) is 0.188. The van der Waals surface area contributed by atoms with Gasteiger partial charge in [0.1, 0.15) is 5.75 Å². The molecule has 0 aliphatic rings. The summed E-state index contributed by atoms with van der Waals surface area (Å²) in [7, 11) is 2.99. The predicted molar refractivity (Wildman–Crippen MR) is 84.7 cm³/mol. The molecular weight excluding hydrogens is 286 g/mol. The Kier molecular flexibility index (Phi) is 5.11. The van der Waals surface area contributed by atoms with E-state index in [1.165, 1.54) is 7.11 Å². The Balaban J connectivity index is 2.15. The molecule has 0 amide bonds. The second kappa shape index (κ2) is 7.04. The number of hydrogen-bond acceptors (Lipinski definition) is 5. The summed E-state index contributed by atoms with van der Waals surface area (Å²) in [5.74, 6) is 1.05. The third kappa shape index (κ3) is 3.70. The Morgan fingerprint density at radius 3 is 2.48 bits per heavy atom. The summed E-state index contributed by atoms with van der Waals surface area (Å²) >= 11 is 1.62. The molecule has 0 aromatic heterocycles. The molecule has 0 aliphatic heterocycles. The molecule has 110 valence electrons. The Morgan fingerprint density at radius 2 is 1.86 bits per heavy atom. The summed E-state index contributed by atoms with van der Waals surface area (Å²) < 4.78 is 9.92. The van der Waals surface area contributed by atoms with Crippen molar-refractivity contribution in [2.75, 3.05) is 20.0 Å². The summed E-state index contributed by atoms with van der Waals surface area (Å²) in [4.78, 5) is 12.9. The van der Waals surface area contributed by atoms with E-state index in [4.69, 9.17) is 15.2 Å². The smallest absolute Gasteiger partial charge is 0.340 e. The molecule has 2 N–H and O–H groups in total. The number of carbonyl (C=O) groups is 1. The van der Waals surface area contributed by atoms with Crippen LogP contribution in [0, 0.1) is 0 Å². The lowest BCUT2D eigenvalue weighted by Gasteiger charge is -2.10. The maximum Gasteiger partial charge on any atom is 0.340 e. The van der Waals surface area contributed by atoms with E-state index in [1.54, 1.807) is 24.9 Å². The van der Waals surface area contributed by atoms with Crippen LogP contribution in [0.2, 0.25) is 0 Å². The van der Waals surface area contributed by atoms with E-state index in [9.17, 15) is 4.79 Å². The van der Waals surface area contributed by atoms with Gasteiger partial charge in [0, 0.05) is 16.3 Å². The lowest BCUT2D eigenvalue weighted by Crippen LogP contribution is -2.09. The molecule has 0 saturated carbocycles. The summed E-state index contributed by atoms with van der Waals surface area (Å²) in [6.45, 7) is 0. The molecule has 2 rings (SSSR count).